The summed E-state index contributed by atoms with van der Waals surface area (Å²) in [6.07, 6.45) is 2.34. The molecule has 0 saturated heterocycles. The molecule has 1 heterocycles. The van der Waals surface area contributed by atoms with Crippen molar-refractivity contribution in [2.24, 2.45) is 5.73 Å². The largest absolute Gasteiger partial charge is 0.384 e. The lowest BCUT2D eigenvalue weighted by molar-refractivity contribution is 0.986. The van der Waals surface area contributed by atoms with Gasteiger partial charge >= 0.3 is 0 Å². The summed E-state index contributed by atoms with van der Waals surface area (Å²) < 4.78 is 0. The molecular formula is C11H14N2. The van der Waals surface area contributed by atoms with Gasteiger partial charge in [-0.15, -0.1) is 0 Å². The first kappa shape index (κ1) is 7.39. The highest BCUT2D eigenvalue weighted by molar-refractivity contribution is 5.57. The van der Waals surface area contributed by atoms with E-state index in [1.54, 1.807) is 0 Å². The van der Waals surface area contributed by atoms with Crippen LogP contribution in [0.15, 0.2) is 18.2 Å². The summed E-state index contributed by atoms with van der Waals surface area (Å²) in [5.74, 6) is 0.644. The molecule has 2 unspecified atom stereocenters. The fourth-order valence-corrected chi connectivity index (χ4v) is 2.15. The number of hydrogen-bond donors (Lipinski definition) is 2. The molecule has 0 spiro atoms. The van der Waals surface area contributed by atoms with Gasteiger partial charge in [-0.3, -0.25) is 0 Å². The van der Waals surface area contributed by atoms with Crippen molar-refractivity contribution in [2.45, 2.75) is 24.8 Å². The summed E-state index contributed by atoms with van der Waals surface area (Å²) >= 11 is 0. The summed E-state index contributed by atoms with van der Waals surface area (Å²) in [7, 11) is 0. The number of rotatable bonds is 1. The summed E-state index contributed by atoms with van der Waals surface area (Å²) in [6, 6.07) is 7.16. The Kier molecular flexibility index (Phi) is 1.41. The minimum Gasteiger partial charge on any atom is -0.384 e. The maximum Gasteiger partial charge on any atom is 0.0373 e. The van der Waals surface area contributed by atoms with E-state index in [-0.39, 0.29) is 0 Å². The van der Waals surface area contributed by atoms with Crippen LogP contribution in [0.1, 0.15) is 23.5 Å². The normalized spacial score (nSPS) is 29.6. The van der Waals surface area contributed by atoms with Crippen molar-refractivity contribution in [3.63, 3.8) is 0 Å². The summed E-state index contributed by atoms with van der Waals surface area (Å²) in [5.41, 5.74) is 10.1. The standard InChI is InChI=1S/C11H14N2/c12-10-6-9(10)7-1-2-11-8(5-7)3-4-13-11/h1-2,5,9-10,13H,3-4,6,12H2. The van der Waals surface area contributed by atoms with Crippen LogP contribution in [0.3, 0.4) is 0 Å². The van der Waals surface area contributed by atoms with Crippen LogP contribution < -0.4 is 11.1 Å². The molecule has 13 heavy (non-hydrogen) atoms. The molecule has 0 bridgehead atoms. The molecule has 1 saturated carbocycles. The van der Waals surface area contributed by atoms with E-state index in [0.717, 1.165) is 6.54 Å². The van der Waals surface area contributed by atoms with Crippen LogP contribution in [0.4, 0.5) is 5.69 Å². The third-order valence-corrected chi connectivity index (χ3v) is 3.11. The van der Waals surface area contributed by atoms with Gasteiger partial charge in [-0.25, -0.2) is 0 Å². The van der Waals surface area contributed by atoms with E-state index < -0.39 is 0 Å². The van der Waals surface area contributed by atoms with Crippen molar-refractivity contribution in [1.29, 1.82) is 0 Å². The Bertz CT molecular complexity index is 346. The molecule has 1 aliphatic heterocycles. The van der Waals surface area contributed by atoms with Crippen molar-refractivity contribution >= 4 is 5.69 Å². The lowest BCUT2D eigenvalue weighted by atomic mass is 10.1. The molecule has 1 aromatic rings. The molecule has 2 atom stereocenters. The van der Waals surface area contributed by atoms with Crippen LogP contribution in [0.5, 0.6) is 0 Å². The van der Waals surface area contributed by atoms with Gasteiger partial charge in [0, 0.05) is 24.2 Å². The molecule has 2 aliphatic rings. The molecule has 1 fully saturated rings. The second kappa shape index (κ2) is 2.48. The van der Waals surface area contributed by atoms with E-state index in [1.807, 2.05) is 0 Å². The van der Waals surface area contributed by atoms with Gasteiger partial charge in [-0.1, -0.05) is 12.1 Å². The zero-order valence-electron chi connectivity index (χ0n) is 7.59. The van der Waals surface area contributed by atoms with Gasteiger partial charge < -0.3 is 11.1 Å². The Morgan fingerprint density at radius 3 is 3.00 bits per heavy atom. The maximum absolute atomic E-state index is 5.83. The number of anilines is 1. The Balaban J connectivity index is 1.96. The number of nitrogens with one attached hydrogen (secondary N) is 1. The lowest BCUT2D eigenvalue weighted by Gasteiger charge is -2.03. The fraction of sp³-hybridized carbons (Fsp3) is 0.455. The third-order valence-electron chi connectivity index (χ3n) is 3.11. The maximum atomic E-state index is 5.83. The van der Waals surface area contributed by atoms with Gasteiger partial charge in [-0.05, 0) is 30.0 Å². The Morgan fingerprint density at radius 2 is 2.23 bits per heavy atom. The summed E-state index contributed by atoms with van der Waals surface area (Å²) in [6.45, 7) is 1.09. The molecule has 3 N–H and O–H groups in total. The van der Waals surface area contributed by atoms with E-state index >= 15 is 0 Å². The molecule has 1 aromatic carbocycles. The van der Waals surface area contributed by atoms with Crippen LogP contribution in [-0.4, -0.2) is 12.6 Å². The second-order valence-corrected chi connectivity index (χ2v) is 4.10. The average molecular weight is 174 g/mol. The zero-order valence-corrected chi connectivity index (χ0v) is 7.59. The fourth-order valence-electron chi connectivity index (χ4n) is 2.15. The van der Waals surface area contributed by atoms with E-state index in [9.17, 15) is 0 Å². The molecule has 0 radical (unpaired) electrons. The van der Waals surface area contributed by atoms with Crippen LogP contribution >= 0.6 is 0 Å². The third kappa shape index (κ3) is 1.13. The molecule has 68 valence electrons. The van der Waals surface area contributed by atoms with E-state index in [0.29, 0.717) is 12.0 Å². The topological polar surface area (TPSA) is 38.0 Å². The Labute approximate surface area is 78.1 Å². The van der Waals surface area contributed by atoms with Crippen molar-refractivity contribution in [3.8, 4) is 0 Å². The zero-order chi connectivity index (χ0) is 8.84. The van der Waals surface area contributed by atoms with Crippen LogP contribution in [0, 0.1) is 0 Å². The monoisotopic (exact) mass is 174 g/mol. The van der Waals surface area contributed by atoms with Gasteiger partial charge in [0.15, 0.2) is 0 Å². The number of benzene rings is 1. The quantitative estimate of drug-likeness (QED) is 0.676. The van der Waals surface area contributed by atoms with Gasteiger partial charge in [0.25, 0.3) is 0 Å². The van der Waals surface area contributed by atoms with Crippen molar-refractivity contribution in [2.75, 3.05) is 11.9 Å². The highest BCUT2D eigenvalue weighted by Crippen LogP contribution is 2.40. The summed E-state index contributed by atoms with van der Waals surface area (Å²) in [5, 5.41) is 3.37. The molecular weight excluding hydrogens is 160 g/mol. The minimum absolute atomic E-state index is 0.424. The predicted molar refractivity (Wildman–Crippen MR) is 54.0 cm³/mol. The van der Waals surface area contributed by atoms with E-state index in [2.05, 4.69) is 23.5 Å². The first-order valence-electron chi connectivity index (χ1n) is 4.97. The summed E-state index contributed by atoms with van der Waals surface area (Å²) in [4.78, 5) is 0. The molecule has 1 aliphatic carbocycles. The Hall–Kier alpha value is -1.02. The van der Waals surface area contributed by atoms with Gasteiger partial charge in [0.2, 0.25) is 0 Å². The highest BCUT2D eigenvalue weighted by atomic mass is 14.9. The van der Waals surface area contributed by atoms with Crippen molar-refractivity contribution < 1.29 is 0 Å². The van der Waals surface area contributed by atoms with Crippen LogP contribution in [-0.2, 0) is 6.42 Å². The molecule has 2 heteroatoms. The molecule has 2 nitrogen and oxygen atoms in total. The van der Waals surface area contributed by atoms with Gasteiger partial charge in [0.05, 0.1) is 0 Å². The minimum atomic E-state index is 0.424. The van der Waals surface area contributed by atoms with Crippen molar-refractivity contribution in [1.82, 2.24) is 0 Å². The molecule has 0 aromatic heterocycles. The highest BCUT2D eigenvalue weighted by Gasteiger charge is 2.35. The molecule has 3 rings (SSSR count). The average Bonchev–Trinajstić information content (AvgIpc) is 2.70. The van der Waals surface area contributed by atoms with Crippen LogP contribution in [0.2, 0.25) is 0 Å². The first-order valence-corrected chi connectivity index (χ1v) is 4.97. The number of nitrogens with two attached hydrogens (primary N) is 1. The van der Waals surface area contributed by atoms with Crippen molar-refractivity contribution in [3.05, 3.63) is 29.3 Å². The first-order chi connectivity index (χ1) is 6.34. The van der Waals surface area contributed by atoms with E-state index in [4.69, 9.17) is 5.73 Å². The molecule has 0 amide bonds. The van der Waals surface area contributed by atoms with Gasteiger partial charge in [-0.2, -0.15) is 0 Å². The number of fused-ring (bicyclic) bond motifs is 1. The van der Waals surface area contributed by atoms with E-state index in [1.165, 1.54) is 29.7 Å². The number of hydrogen-bond acceptors (Lipinski definition) is 2. The van der Waals surface area contributed by atoms with Crippen LogP contribution in [0.25, 0.3) is 0 Å². The Morgan fingerprint density at radius 1 is 1.38 bits per heavy atom. The predicted octanol–water partition coefficient (Wildman–Crippen LogP) is 1.47. The lowest BCUT2D eigenvalue weighted by Crippen LogP contribution is -2.01. The van der Waals surface area contributed by atoms with Gasteiger partial charge in [0.1, 0.15) is 0 Å². The second-order valence-electron chi connectivity index (χ2n) is 4.10. The SMILES string of the molecule is NC1CC1c1ccc2c(c1)CCN2. The smallest absolute Gasteiger partial charge is 0.0373 e.